The largest absolute Gasteiger partial charge is 0.756 e. The summed E-state index contributed by atoms with van der Waals surface area (Å²) in [6, 6.07) is 0. The normalized spacial score (nSPS) is 18.5. The molecule has 1 saturated heterocycles. The summed E-state index contributed by atoms with van der Waals surface area (Å²) in [7, 11) is 1.07. The predicted octanol–water partition coefficient (Wildman–Crippen LogP) is 11.2. The average molecular weight is 862 g/mol. The van der Waals surface area contributed by atoms with Crippen molar-refractivity contribution in [2.75, 3.05) is 54.1 Å². The molecule has 1 aliphatic heterocycles. The van der Waals surface area contributed by atoms with Crippen molar-refractivity contribution in [3.8, 4) is 0 Å². The second kappa shape index (κ2) is 32.5. The number of esters is 2. The molecule has 0 amide bonds. The highest BCUT2D eigenvalue weighted by Crippen LogP contribution is 2.41. The third kappa shape index (κ3) is 29.0. The van der Waals surface area contributed by atoms with Crippen LogP contribution in [0.3, 0.4) is 0 Å². The molecule has 2 unspecified atom stereocenters. The number of nitrogens with zero attached hydrogens (tertiary/aromatic N) is 2. The first-order valence-electron chi connectivity index (χ1n) is 23.9. The summed E-state index contributed by atoms with van der Waals surface area (Å²) in [5.41, 5.74) is -1.43. The smallest absolute Gasteiger partial charge is 0.306 e. The molecule has 1 heterocycles. The van der Waals surface area contributed by atoms with E-state index in [1.165, 1.54) is 108 Å². The van der Waals surface area contributed by atoms with Gasteiger partial charge in [0.05, 0.1) is 39.9 Å². The van der Waals surface area contributed by atoms with E-state index in [4.69, 9.17) is 23.3 Å². The van der Waals surface area contributed by atoms with Crippen molar-refractivity contribution in [1.29, 1.82) is 0 Å². The lowest BCUT2D eigenvalue weighted by Crippen LogP contribution is -2.49. The van der Waals surface area contributed by atoms with E-state index in [2.05, 4.69) is 13.8 Å². The molecule has 0 aliphatic carbocycles. The van der Waals surface area contributed by atoms with Gasteiger partial charge in [-0.25, -0.2) is 0 Å². The van der Waals surface area contributed by atoms with Gasteiger partial charge in [-0.15, -0.1) is 10.3 Å². The van der Waals surface area contributed by atoms with Crippen molar-refractivity contribution in [2.24, 2.45) is 0 Å². The lowest BCUT2D eigenvalue weighted by atomic mass is 9.95. The monoisotopic (exact) mass is 862 g/mol. The van der Waals surface area contributed by atoms with Gasteiger partial charge in [-0.05, 0) is 52.4 Å². The van der Waals surface area contributed by atoms with E-state index in [-0.39, 0.29) is 26.1 Å². The predicted molar refractivity (Wildman–Crippen MR) is 234 cm³/mol. The van der Waals surface area contributed by atoms with Gasteiger partial charge in [0.1, 0.15) is 25.5 Å². The number of rotatable bonds is 40. The zero-order valence-electron chi connectivity index (χ0n) is 39.0. The number of hydroxylamine groups is 2. The Balaban J connectivity index is 2.54. The standard InChI is InChI=1S/C46H90N2O10P/c1-8-10-12-14-16-18-19-20-21-22-24-26-29-33-43(49)54-39-42(40-57-59(52,53)56-38-37-48(5,6)7)58-44(50)34-30-28-32-36-46(47(51)45(3,4)41-55-46)35-31-27-25-23-17-15-13-11-9-2/h42H,8-41H2,1-7H3/t42-,46?/m0/s1. The Bertz CT molecular complexity index is 1120. The summed E-state index contributed by atoms with van der Waals surface area (Å²) in [6.45, 7) is 8.28. The van der Waals surface area contributed by atoms with Crippen LogP contribution in [0.5, 0.6) is 0 Å². The maximum atomic E-state index is 13.4. The number of quaternary nitrogens is 1. The second-order valence-corrected chi connectivity index (χ2v) is 20.3. The number of carbonyl (C=O) groups is 2. The summed E-state index contributed by atoms with van der Waals surface area (Å²) in [5.74, 6) is -0.953. The van der Waals surface area contributed by atoms with E-state index < -0.39 is 43.7 Å². The van der Waals surface area contributed by atoms with E-state index in [0.29, 0.717) is 56.2 Å². The molecular weight excluding hydrogens is 771 g/mol. The van der Waals surface area contributed by atoms with Crippen LogP contribution in [0.15, 0.2) is 0 Å². The van der Waals surface area contributed by atoms with Gasteiger partial charge in [0.15, 0.2) is 6.10 Å². The molecular formula is C46H90N2O10P. The van der Waals surface area contributed by atoms with Crippen LogP contribution in [0.25, 0.3) is 0 Å². The summed E-state index contributed by atoms with van der Waals surface area (Å²) in [5, 5.41) is 14.6. The van der Waals surface area contributed by atoms with E-state index >= 15 is 0 Å². The summed E-state index contributed by atoms with van der Waals surface area (Å²) in [4.78, 5) is 38.0. The first-order chi connectivity index (χ1) is 28.1. The van der Waals surface area contributed by atoms with Gasteiger partial charge in [0, 0.05) is 12.8 Å². The zero-order chi connectivity index (χ0) is 43.9. The summed E-state index contributed by atoms with van der Waals surface area (Å²) in [6.07, 6.45) is 29.0. The van der Waals surface area contributed by atoms with Crippen molar-refractivity contribution in [3.63, 3.8) is 0 Å². The average Bonchev–Trinajstić information content (AvgIpc) is 3.40. The Morgan fingerprint density at radius 3 is 1.53 bits per heavy atom. The molecule has 0 aromatic rings. The van der Waals surface area contributed by atoms with Gasteiger partial charge < -0.3 is 32.6 Å². The number of unbranched alkanes of at least 4 members (excludes halogenated alkanes) is 22. The molecule has 0 saturated carbocycles. The topological polar surface area (TPSA) is 144 Å². The molecule has 1 rings (SSSR count). The van der Waals surface area contributed by atoms with Crippen molar-refractivity contribution < 1.29 is 52.0 Å². The van der Waals surface area contributed by atoms with E-state index in [0.717, 1.165) is 32.1 Å². The SMILES string of the molecule is CCCCCCCCCCCCCCCC(=O)OC[C@@H](COP(=O)([O-])OCC[N+](C)(C)C)OC(=O)CCCCCC1(CCCCCCCCCCC)OCC(C)(C)N1[O]. The van der Waals surface area contributed by atoms with Crippen LogP contribution in [0, 0.1) is 0 Å². The van der Waals surface area contributed by atoms with Crippen LogP contribution in [-0.2, 0) is 42.6 Å². The molecule has 1 fully saturated rings. The van der Waals surface area contributed by atoms with Crippen LogP contribution in [-0.4, -0.2) is 93.0 Å². The second-order valence-electron chi connectivity index (χ2n) is 18.9. The molecule has 59 heavy (non-hydrogen) atoms. The minimum absolute atomic E-state index is 0.0596. The molecule has 0 spiro atoms. The van der Waals surface area contributed by atoms with Crippen LogP contribution >= 0.6 is 7.82 Å². The van der Waals surface area contributed by atoms with Gasteiger partial charge in [-0.2, -0.15) is 0 Å². The summed E-state index contributed by atoms with van der Waals surface area (Å²) >= 11 is 0. The van der Waals surface area contributed by atoms with E-state index in [1.807, 2.05) is 35.0 Å². The van der Waals surface area contributed by atoms with Crippen LogP contribution in [0.1, 0.15) is 214 Å². The molecule has 1 radical (unpaired) electrons. The van der Waals surface area contributed by atoms with Crippen LogP contribution in [0.4, 0.5) is 0 Å². The van der Waals surface area contributed by atoms with Gasteiger partial charge in [-0.1, -0.05) is 149 Å². The maximum absolute atomic E-state index is 13.4. The highest BCUT2D eigenvalue weighted by atomic mass is 31.2. The first kappa shape index (κ1) is 55.9. The zero-order valence-corrected chi connectivity index (χ0v) is 39.9. The minimum atomic E-state index is -4.68. The number of ether oxygens (including phenoxy) is 3. The van der Waals surface area contributed by atoms with Gasteiger partial charge in [-0.3, -0.25) is 14.2 Å². The molecule has 0 aromatic carbocycles. The Morgan fingerprint density at radius 1 is 0.661 bits per heavy atom. The third-order valence-corrected chi connectivity index (χ3v) is 12.3. The van der Waals surface area contributed by atoms with Crippen LogP contribution in [0.2, 0.25) is 0 Å². The highest BCUT2D eigenvalue weighted by Gasteiger charge is 2.51. The Kier molecular flexibility index (Phi) is 30.8. The van der Waals surface area contributed by atoms with Crippen molar-refractivity contribution in [1.82, 2.24) is 5.06 Å². The Labute approximate surface area is 361 Å². The first-order valence-corrected chi connectivity index (χ1v) is 25.4. The lowest BCUT2D eigenvalue weighted by molar-refractivity contribution is -0.870. The lowest BCUT2D eigenvalue weighted by Gasteiger charge is -2.35. The molecule has 349 valence electrons. The van der Waals surface area contributed by atoms with Gasteiger partial charge >= 0.3 is 11.9 Å². The molecule has 1 aliphatic rings. The van der Waals surface area contributed by atoms with E-state index in [9.17, 15) is 24.3 Å². The minimum Gasteiger partial charge on any atom is -0.756 e. The number of likely N-dealkylation sites (N-methyl/N-ethyl adjacent to an activating group) is 1. The molecule has 12 nitrogen and oxygen atoms in total. The molecule has 0 aromatic heterocycles. The summed E-state index contributed by atoms with van der Waals surface area (Å²) < 4.78 is 40.4. The van der Waals surface area contributed by atoms with Gasteiger partial charge in [0.2, 0.25) is 0 Å². The molecule has 0 N–H and O–H groups in total. The number of carbonyl (C=O) groups excluding carboxylic acids is 2. The number of phosphoric ester groups is 1. The highest BCUT2D eigenvalue weighted by molar-refractivity contribution is 7.45. The number of hydrogen-bond donors (Lipinski definition) is 0. The Hall–Kier alpha value is -1.11. The maximum Gasteiger partial charge on any atom is 0.306 e. The molecule has 13 heteroatoms. The van der Waals surface area contributed by atoms with Crippen molar-refractivity contribution in [2.45, 2.75) is 231 Å². The molecule has 0 bridgehead atoms. The third-order valence-electron chi connectivity index (χ3n) is 11.4. The fraction of sp³-hybridized carbons (Fsp3) is 0.957. The van der Waals surface area contributed by atoms with Crippen molar-refractivity contribution >= 4 is 19.8 Å². The fourth-order valence-electron chi connectivity index (χ4n) is 7.56. The van der Waals surface area contributed by atoms with E-state index in [1.54, 1.807) is 0 Å². The fourth-order valence-corrected chi connectivity index (χ4v) is 8.28. The van der Waals surface area contributed by atoms with Crippen LogP contribution < -0.4 is 4.89 Å². The number of hydrogen-bond acceptors (Lipinski definition) is 10. The molecule has 3 atom stereocenters. The Morgan fingerprint density at radius 2 is 1.08 bits per heavy atom. The quantitative estimate of drug-likeness (QED) is 0.0253. The van der Waals surface area contributed by atoms with Crippen molar-refractivity contribution in [3.05, 3.63) is 0 Å². The number of phosphoric acid groups is 1. The van der Waals surface area contributed by atoms with Gasteiger partial charge in [0.25, 0.3) is 7.82 Å².